The summed E-state index contributed by atoms with van der Waals surface area (Å²) in [6.07, 6.45) is 5.18. The lowest BCUT2D eigenvalue weighted by atomic mass is 9.90. The van der Waals surface area contributed by atoms with Crippen molar-refractivity contribution in [3.8, 4) is 22.8 Å². The van der Waals surface area contributed by atoms with Gasteiger partial charge in [-0.15, -0.1) is 0 Å². The van der Waals surface area contributed by atoms with E-state index in [9.17, 15) is 14.4 Å². The van der Waals surface area contributed by atoms with Crippen LogP contribution in [0.3, 0.4) is 0 Å². The summed E-state index contributed by atoms with van der Waals surface area (Å²) < 4.78 is 18.5. The van der Waals surface area contributed by atoms with Gasteiger partial charge in [-0.2, -0.15) is 0 Å². The third-order valence-electron chi connectivity index (χ3n) is 6.37. The Bertz CT molecular complexity index is 1120. The van der Waals surface area contributed by atoms with E-state index in [0.29, 0.717) is 17.9 Å². The standard InChI is InChI=1S/C25H30N2O6/c1-4-17-10-16-11-23(33-15-24(29)26-8-6-7-9-26)22(31-3)12-18(16)20-13-21(28)19(14-27(17)20)25(30)32-5-2/h11-14,17H,4-10,15H2,1-3H3. The maximum Gasteiger partial charge on any atom is 0.343 e. The fourth-order valence-electron chi connectivity index (χ4n) is 4.60. The number of amides is 1. The molecule has 1 saturated heterocycles. The molecule has 1 amide bonds. The Morgan fingerprint density at radius 2 is 1.85 bits per heavy atom. The van der Waals surface area contributed by atoms with Gasteiger partial charge in [0.1, 0.15) is 5.56 Å². The fourth-order valence-corrected chi connectivity index (χ4v) is 4.60. The van der Waals surface area contributed by atoms with E-state index in [-0.39, 0.29) is 36.2 Å². The van der Waals surface area contributed by atoms with Crippen LogP contribution >= 0.6 is 0 Å². The average molecular weight is 455 g/mol. The lowest BCUT2D eigenvalue weighted by molar-refractivity contribution is -0.132. The Labute approximate surface area is 193 Å². The van der Waals surface area contributed by atoms with Gasteiger partial charge in [-0.05, 0) is 50.3 Å². The minimum absolute atomic E-state index is 0.0258. The summed E-state index contributed by atoms with van der Waals surface area (Å²) in [5.41, 5.74) is 2.24. The quantitative estimate of drug-likeness (QED) is 0.597. The maximum atomic E-state index is 12.7. The van der Waals surface area contributed by atoms with Crippen LogP contribution in [-0.2, 0) is 16.0 Å². The molecule has 0 saturated carbocycles. The molecule has 33 heavy (non-hydrogen) atoms. The zero-order valence-electron chi connectivity index (χ0n) is 19.4. The second kappa shape index (κ2) is 9.68. The molecule has 2 aliphatic rings. The van der Waals surface area contributed by atoms with Gasteiger partial charge >= 0.3 is 5.97 Å². The maximum absolute atomic E-state index is 12.7. The van der Waals surface area contributed by atoms with Crippen LogP contribution < -0.4 is 14.9 Å². The van der Waals surface area contributed by atoms with E-state index < -0.39 is 5.97 Å². The number of ether oxygens (including phenoxy) is 3. The van der Waals surface area contributed by atoms with Crippen molar-refractivity contribution in [2.75, 3.05) is 33.4 Å². The van der Waals surface area contributed by atoms with Gasteiger partial charge in [0.25, 0.3) is 5.91 Å². The van der Waals surface area contributed by atoms with Crippen LogP contribution in [0.4, 0.5) is 0 Å². The van der Waals surface area contributed by atoms with E-state index in [4.69, 9.17) is 14.2 Å². The molecule has 0 spiro atoms. The Balaban J connectivity index is 1.69. The number of likely N-dealkylation sites (tertiary alicyclic amines) is 1. The monoisotopic (exact) mass is 454 g/mol. The molecule has 2 aromatic rings. The highest BCUT2D eigenvalue weighted by Crippen LogP contribution is 2.41. The number of nitrogens with zero attached hydrogens (tertiary/aromatic N) is 2. The van der Waals surface area contributed by atoms with Gasteiger partial charge in [-0.1, -0.05) is 6.92 Å². The molecule has 0 aliphatic carbocycles. The van der Waals surface area contributed by atoms with E-state index in [0.717, 1.165) is 49.2 Å². The predicted molar refractivity (Wildman–Crippen MR) is 123 cm³/mol. The normalized spacial score (nSPS) is 16.7. The SMILES string of the molecule is CCOC(=O)c1cn2c(cc1=O)-c1cc(OC)c(OCC(=O)N3CCCC3)cc1CC2CC. The highest BCUT2D eigenvalue weighted by Gasteiger charge is 2.28. The van der Waals surface area contributed by atoms with Crippen LogP contribution in [0, 0.1) is 0 Å². The highest BCUT2D eigenvalue weighted by molar-refractivity contribution is 5.89. The first-order valence-electron chi connectivity index (χ1n) is 11.5. The summed E-state index contributed by atoms with van der Waals surface area (Å²) in [5, 5.41) is 0. The smallest absolute Gasteiger partial charge is 0.343 e. The number of hydrogen-bond donors (Lipinski definition) is 0. The van der Waals surface area contributed by atoms with Crippen molar-refractivity contribution in [1.29, 1.82) is 0 Å². The number of methoxy groups -OCH3 is 1. The topological polar surface area (TPSA) is 87.1 Å². The van der Waals surface area contributed by atoms with Crippen molar-refractivity contribution < 1.29 is 23.8 Å². The number of pyridine rings is 1. The third kappa shape index (κ3) is 4.47. The number of hydrogen-bond acceptors (Lipinski definition) is 6. The second-order valence-electron chi connectivity index (χ2n) is 8.37. The second-order valence-corrected chi connectivity index (χ2v) is 8.37. The van der Waals surface area contributed by atoms with Crippen molar-refractivity contribution in [1.82, 2.24) is 9.47 Å². The van der Waals surface area contributed by atoms with Crippen molar-refractivity contribution in [2.24, 2.45) is 0 Å². The fraction of sp³-hybridized carbons (Fsp3) is 0.480. The molecule has 2 aliphatic heterocycles. The van der Waals surface area contributed by atoms with E-state index in [1.807, 2.05) is 21.6 Å². The van der Waals surface area contributed by atoms with E-state index in [1.165, 1.54) is 6.07 Å². The zero-order valence-corrected chi connectivity index (χ0v) is 19.4. The number of esters is 1. The molecule has 1 atom stereocenters. The number of fused-ring (bicyclic) bond motifs is 3. The zero-order chi connectivity index (χ0) is 23.5. The summed E-state index contributed by atoms with van der Waals surface area (Å²) in [5.74, 6) is 0.369. The first-order chi connectivity index (χ1) is 16.0. The minimum Gasteiger partial charge on any atom is -0.493 e. The molecule has 1 fully saturated rings. The number of rotatable bonds is 7. The molecular formula is C25H30N2O6. The molecule has 0 bridgehead atoms. The average Bonchev–Trinajstić information content (AvgIpc) is 3.36. The number of aromatic nitrogens is 1. The Kier molecular flexibility index (Phi) is 6.72. The van der Waals surface area contributed by atoms with Crippen LogP contribution in [0.2, 0.25) is 0 Å². The molecule has 1 aromatic carbocycles. The molecule has 3 heterocycles. The number of carbonyl (C=O) groups excluding carboxylic acids is 2. The van der Waals surface area contributed by atoms with Crippen LogP contribution in [-0.4, -0.2) is 54.8 Å². The van der Waals surface area contributed by atoms with Gasteiger partial charge in [0.2, 0.25) is 0 Å². The molecule has 8 heteroatoms. The van der Waals surface area contributed by atoms with Gasteiger partial charge < -0.3 is 23.7 Å². The van der Waals surface area contributed by atoms with Crippen molar-refractivity contribution in [2.45, 2.75) is 45.6 Å². The molecule has 8 nitrogen and oxygen atoms in total. The van der Waals surface area contributed by atoms with Crippen LogP contribution in [0.25, 0.3) is 11.3 Å². The molecule has 1 unspecified atom stereocenters. The van der Waals surface area contributed by atoms with E-state index in [1.54, 1.807) is 20.2 Å². The van der Waals surface area contributed by atoms with E-state index in [2.05, 4.69) is 6.92 Å². The minimum atomic E-state index is -0.609. The first-order valence-corrected chi connectivity index (χ1v) is 11.5. The number of benzene rings is 1. The van der Waals surface area contributed by atoms with Gasteiger partial charge in [-0.25, -0.2) is 4.79 Å². The van der Waals surface area contributed by atoms with Crippen molar-refractivity contribution in [3.05, 3.63) is 45.7 Å². The molecule has 176 valence electrons. The largest absolute Gasteiger partial charge is 0.493 e. The van der Waals surface area contributed by atoms with Crippen molar-refractivity contribution in [3.63, 3.8) is 0 Å². The summed E-state index contributed by atoms with van der Waals surface area (Å²) >= 11 is 0. The summed E-state index contributed by atoms with van der Waals surface area (Å²) in [4.78, 5) is 39.2. The van der Waals surface area contributed by atoms with Gasteiger partial charge in [0.05, 0.1) is 19.4 Å². The number of carbonyl (C=O) groups is 2. The predicted octanol–water partition coefficient (Wildman–Crippen LogP) is 3.21. The molecule has 0 radical (unpaired) electrons. The van der Waals surface area contributed by atoms with Crippen molar-refractivity contribution >= 4 is 11.9 Å². The van der Waals surface area contributed by atoms with Crippen LogP contribution in [0.5, 0.6) is 11.5 Å². The molecule has 0 N–H and O–H groups in total. The lowest BCUT2D eigenvalue weighted by Gasteiger charge is -2.31. The van der Waals surface area contributed by atoms with Crippen LogP contribution in [0.15, 0.2) is 29.2 Å². The Hall–Kier alpha value is -3.29. The molecule has 1 aromatic heterocycles. The van der Waals surface area contributed by atoms with E-state index >= 15 is 0 Å². The van der Waals surface area contributed by atoms with Gasteiger partial charge in [0.15, 0.2) is 23.5 Å². The van der Waals surface area contributed by atoms with Gasteiger partial charge in [-0.3, -0.25) is 9.59 Å². The molecule has 4 rings (SSSR count). The lowest BCUT2D eigenvalue weighted by Crippen LogP contribution is -2.32. The summed E-state index contributed by atoms with van der Waals surface area (Å²) in [6.45, 7) is 5.51. The summed E-state index contributed by atoms with van der Waals surface area (Å²) in [6, 6.07) is 5.30. The highest BCUT2D eigenvalue weighted by atomic mass is 16.5. The Morgan fingerprint density at radius 1 is 1.09 bits per heavy atom. The Morgan fingerprint density at radius 3 is 2.52 bits per heavy atom. The molecular weight excluding hydrogens is 424 g/mol. The third-order valence-corrected chi connectivity index (χ3v) is 6.37. The first kappa shape index (κ1) is 22.9. The van der Waals surface area contributed by atoms with Crippen LogP contribution in [0.1, 0.15) is 55.1 Å². The van der Waals surface area contributed by atoms with Gasteiger partial charge in [0, 0.05) is 37.0 Å². The summed E-state index contributed by atoms with van der Waals surface area (Å²) in [7, 11) is 1.55.